The second-order valence-electron chi connectivity index (χ2n) is 5.27. The summed E-state index contributed by atoms with van der Waals surface area (Å²) in [4.78, 5) is 4.24. The molecule has 118 valence electrons. The highest BCUT2D eigenvalue weighted by molar-refractivity contribution is 7.89. The molecule has 0 aliphatic carbocycles. The second kappa shape index (κ2) is 7.20. The molecule has 0 amide bonds. The number of hydrogen-bond acceptors (Lipinski definition) is 5. The Bertz CT molecular complexity index is 562. The number of methoxy groups -OCH3 is 1. The van der Waals surface area contributed by atoms with E-state index in [-0.39, 0.29) is 10.8 Å². The van der Waals surface area contributed by atoms with E-state index in [2.05, 4.69) is 10.3 Å². The van der Waals surface area contributed by atoms with Crippen LogP contribution in [0.4, 0.5) is 5.69 Å². The number of nitrogens with one attached hydrogen (secondary N) is 1. The highest BCUT2D eigenvalue weighted by Gasteiger charge is 2.33. The van der Waals surface area contributed by atoms with Crippen LogP contribution in [-0.2, 0) is 14.8 Å². The maximum Gasteiger partial charge on any atom is 0.246 e. The lowest BCUT2D eigenvalue weighted by molar-refractivity contribution is 0.157. The molecule has 0 saturated carbocycles. The van der Waals surface area contributed by atoms with E-state index in [1.807, 2.05) is 6.92 Å². The Kier molecular flexibility index (Phi) is 5.55. The summed E-state index contributed by atoms with van der Waals surface area (Å²) in [6, 6.07) is 1.71. The van der Waals surface area contributed by atoms with Gasteiger partial charge in [-0.05, 0) is 24.8 Å². The molecule has 1 aliphatic heterocycles. The molecule has 6 nitrogen and oxygen atoms in total. The molecule has 1 unspecified atom stereocenters. The third-order valence-corrected chi connectivity index (χ3v) is 5.51. The van der Waals surface area contributed by atoms with Gasteiger partial charge in [0.2, 0.25) is 10.0 Å². The van der Waals surface area contributed by atoms with E-state index < -0.39 is 10.0 Å². The number of ether oxygens (including phenoxy) is 1. The average Bonchev–Trinajstić information content (AvgIpc) is 2.95. The summed E-state index contributed by atoms with van der Waals surface area (Å²) in [5.74, 6) is 0.272. The van der Waals surface area contributed by atoms with E-state index in [0.29, 0.717) is 25.4 Å². The van der Waals surface area contributed by atoms with E-state index >= 15 is 0 Å². The fourth-order valence-electron chi connectivity index (χ4n) is 2.52. The maximum atomic E-state index is 12.8. The van der Waals surface area contributed by atoms with Crippen molar-refractivity contribution >= 4 is 15.7 Å². The van der Waals surface area contributed by atoms with E-state index in [1.165, 1.54) is 10.5 Å². The van der Waals surface area contributed by atoms with Gasteiger partial charge in [-0.25, -0.2) is 8.42 Å². The van der Waals surface area contributed by atoms with Gasteiger partial charge in [0.25, 0.3) is 0 Å². The fourth-order valence-corrected chi connectivity index (χ4v) is 4.16. The zero-order valence-corrected chi connectivity index (χ0v) is 13.4. The maximum absolute atomic E-state index is 12.8. The van der Waals surface area contributed by atoms with Crippen molar-refractivity contribution in [1.82, 2.24) is 9.29 Å². The van der Waals surface area contributed by atoms with Gasteiger partial charge in [0, 0.05) is 39.1 Å². The molecule has 0 bridgehead atoms. The summed E-state index contributed by atoms with van der Waals surface area (Å²) in [7, 11) is -1.85. The molecule has 1 aromatic rings. The molecule has 1 aromatic heterocycles. The monoisotopic (exact) mass is 313 g/mol. The van der Waals surface area contributed by atoms with Gasteiger partial charge in [0.15, 0.2) is 0 Å². The van der Waals surface area contributed by atoms with Crippen molar-refractivity contribution in [2.75, 3.05) is 38.7 Å². The minimum atomic E-state index is -3.50. The molecule has 1 aliphatic rings. The molecule has 2 rings (SSSR count). The van der Waals surface area contributed by atoms with Gasteiger partial charge in [0.1, 0.15) is 4.90 Å². The van der Waals surface area contributed by atoms with Crippen LogP contribution in [0, 0.1) is 5.92 Å². The first kappa shape index (κ1) is 16.2. The summed E-state index contributed by atoms with van der Waals surface area (Å²) in [5.41, 5.74) is 0.627. The first-order chi connectivity index (χ1) is 10.1. The SMILES string of the molecule is CCCNc1ccncc1S(=O)(=O)N1CCC(COC)C1. The van der Waals surface area contributed by atoms with Crippen molar-refractivity contribution in [2.24, 2.45) is 5.92 Å². The number of sulfonamides is 1. The van der Waals surface area contributed by atoms with Crippen molar-refractivity contribution in [3.05, 3.63) is 18.5 Å². The minimum Gasteiger partial charge on any atom is -0.384 e. The highest BCUT2D eigenvalue weighted by atomic mass is 32.2. The molecule has 1 fully saturated rings. The van der Waals surface area contributed by atoms with Crippen LogP contribution in [0.2, 0.25) is 0 Å². The Balaban J connectivity index is 2.20. The highest BCUT2D eigenvalue weighted by Crippen LogP contribution is 2.28. The molecule has 2 heterocycles. The predicted octanol–water partition coefficient (Wildman–Crippen LogP) is 1.56. The summed E-state index contributed by atoms with van der Waals surface area (Å²) >= 11 is 0. The number of anilines is 1. The smallest absolute Gasteiger partial charge is 0.246 e. The molecular weight excluding hydrogens is 290 g/mol. The van der Waals surface area contributed by atoms with E-state index in [4.69, 9.17) is 4.74 Å². The van der Waals surface area contributed by atoms with Crippen LogP contribution < -0.4 is 5.32 Å². The third-order valence-electron chi connectivity index (χ3n) is 3.62. The molecule has 1 atom stereocenters. The van der Waals surface area contributed by atoms with Gasteiger partial charge < -0.3 is 10.1 Å². The lowest BCUT2D eigenvalue weighted by atomic mass is 10.1. The Labute approximate surface area is 126 Å². The molecule has 1 saturated heterocycles. The third kappa shape index (κ3) is 3.72. The first-order valence-corrected chi connectivity index (χ1v) is 8.70. The second-order valence-corrected chi connectivity index (χ2v) is 7.18. The lowest BCUT2D eigenvalue weighted by Crippen LogP contribution is -2.30. The summed E-state index contributed by atoms with van der Waals surface area (Å²) in [6.45, 7) is 4.42. The van der Waals surface area contributed by atoms with Gasteiger partial charge >= 0.3 is 0 Å². The molecule has 0 radical (unpaired) electrons. The van der Waals surface area contributed by atoms with Gasteiger partial charge in [-0.2, -0.15) is 4.31 Å². The van der Waals surface area contributed by atoms with Crippen LogP contribution in [0.15, 0.2) is 23.4 Å². The van der Waals surface area contributed by atoms with Gasteiger partial charge in [-0.3, -0.25) is 4.98 Å². The largest absolute Gasteiger partial charge is 0.384 e. The summed E-state index contributed by atoms with van der Waals surface area (Å²) < 4.78 is 32.2. The number of hydrogen-bond donors (Lipinski definition) is 1. The first-order valence-electron chi connectivity index (χ1n) is 7.26. The molecule has 0 spiro atoms. The normalized spacial score (nSPS) is 19.8. The number of nitrogens with zero attached hydrogens (tertiary/aromatic N) is 2. The van der Waals surface area contributed by atoms with Crippen LogP contribution in [0.3, 0.4) is 0 Å². The summed E-state index contributed by atoms with van der Waals surface area (Å²) in [5, 5.41) is 3.16. The van der Waals surface area contributed by atoms with Crippen LogP contribution in [0.25, 0.3) is 0 Å². The molecule has 1 N–H and O–H groups in total. The lowest BCUT2D eigenvalue weighted by Gasteiger charge is -2.19. The predicted molar refractivity (Wildman–Crippen MR) is 81.8 cm³/mol. The Morgan fingerprint density at radius 1 is 1.52 bits per heavy atom. The zero-order chi connectivity index (χ0) is 15.3. The minimum absolute atomic E-state index is 0.261. The van der Waals surface area contributed by atoms with Crippen molar-refractivity contribution in [3.8, 4) is 0 Å². The van der Waals surface area contributed by atoms with Gasteiger partial charge in [-0.1, -0.05) is 6.92 Å². The van der Waals surface area contributed by atoms with Crippen molar-refractivity contribution in [3.63, 3.8) is 0 Å². The van der Waals surface area contributed by atoms with E-state index in [9.17, 15) is 8.42 Å². The summed E-state index contributed by atoms with van der Waals surface area (Å²) in [6.07, 6.45) is 4.80. The number of aromatic nitrogens is 1. The Morgan fingerprint density at radius 3 is 3.05 bits per heavy atom. The van der Waals surface area contributed by atoms with E-state index in [1.54, 1.807) is 19.4 Å². The van der Waals surface area contributed by atoms with Crippen LogP contribution in [0.5, 0.6) is 0 Å². The van der Waals surface area contributed by atoms with Crippen LogP contribution in [-0.4, -0.2) is 51.1 Å². The van der Waals surface area contributed by atoms with Gasteiger partial charge in [0.05, 0.1) is 12.3 Å². The van der Waals surface area contributed by atoms with Crippen molar-refractivity contribution in [1.29, 1.82) is 0 Å². The Hall–Kier alpha value is -1.18. The average molecular weight is 313 g/mol. The van der Waals surface area contributed by atoms with E-state index in [0.717, 1.165) is 19.4 Å². The standard InChI is InChI=1S/C14H23N3O3S/c1-3-6-16-13-4-7-15-9-14(13)21(18,19)17-8-5-12(10-17)11-20-2/h4,7,9,12H,3,5-6,8,10-11H2,1-2H3,(H,15,16). The van der Waals surface area contributed by atoms with Crippen molar-refractivity contribution < 1.29 is 13.2 Å². The van der Waals surface area contributed by atoms with Crippen LogP contribution in [0.1, 0.15) is 19.8 Å². The topological polar surface area (TPSA) is 71.5 Å². The fraction of sp³-hybridized carbons (Fsp3) is 0.643. The Morgan fingerprint density at radius 2 is 2.33 bits per heavy atom. The van der Waals surface area contributed by atoms with Crippen molar-refractivity contribution in [2.45, 2.75) is 24.7 Å². The molecule has 0 aromatic carbocycles. The van der Waals surface area contributed by atoms with Crippen LogP contribution >= 0.6 is 0 Å². The molecule has 21 heavy (non-hydrogen) atoms. The molecular formula is C14H23N3O3S. The quantitative estimate of drug-likeness (QED) is 0.827. The van der Waals surface area contributed by atoms with Gasteiger partial charge in [-0.15, -0.1) is 0 Å². The molecule has 7 heteroatoms. The zero-order valence-electron chi connectivity index (χ0n) is 12.6. The number of pyridine rings is 1. The number of rotatable bonds is 7.